The van der Waals surface area contributed by atoms with Crippen molar-refractivity contribution in [1.82, 2.24) is 14.8 Å². The Morgan fingerprint density at radius 2 is 2.24 bits per heavy atom. The van der Waals surface area contributed by atoms with E-state index in [0.717, 1.165) is 11.3 Å². The van der Waals surface area contributed by atoms with Crippen LogP contribution in [-0.2, 0) is 4.79 Å². The summed E-state index contributed by atoms with van der Waals surface area (Å²) in [5.74, 6) is 0.260. The van der Waals surface area contributed by atoms with Crippen LogP contribution in [0.5, 0.6) is 5.75 Å². The Kier molecular flexibility index (Phi) is 4.11. The fraction of sp³-hybridized carbons (Fsp3) is 0.167. The fourth-order valence-corrected chi connectivity index (χ4v) is 3.13. The minimum Gasteiger partial charge on any atom is -0.493 e. The van der Waals surface area contributed by atoms with Crippen LogP contribution in [0.1, 0.15) is 17.9 Å². The third-order valence-corrected chi connectivity index (χ3v) is 4.37. The second kappa shape index (κ2) is 6.57. The molecular formula is C18H15ClN4O2. The van der Waals surface area contributed by atoms with Gasteiger partial charge in [-0.1, -0.05) is 11.6 Å². The molecule has 3 aromatic rings. The van der Waals surface area contributed by atoms with Crippen LogP contribution in [0.15, 0.2) is 55.1 Å². The Bertz CT molecular complexity index is 911. The van der Waals surface area contributed by atoms with Crippen molar-refractivity contribution in [2.24, 2.45) is 0 Å². The van der Waals surface area contributed by atoms with Crippen LogP contribution in [-0.4, -0.2) is 27.3 Å². The van der Waals surface area contributed by atoms with Gasteiger partial charge < -0.3 is 10.1 Å². The van der Waals surface area contributed by atoms with E-state index < -0.39 is 0 Å². The minimum atomic E-state index is -0.326. The second-order valence-electron chi connectivity index (χ2n) is 5.70. The number of ether oxygens (including phenoxy) is 1. The summed E-state index contributed by atoms with van der Waals surface area (Å²) in [6.07, 6.45) is 7.37. The Labute approximate surface area is 149 Å². The van der Waals surface area contributed by atoms with Crippen LogP contribution >= 0.6 is 11.6 Å². The second-order valence-corrected chi connectivity index (χ2v) is 6.14. The van der Waals surface area contributed by atoms with Crippen molar-refractivity contribution in [1.29, 1.82) is 0 Å². The quantitative estimate of drug-likeness (QED) is 0.782. The van der Waals surface area contributed by atoms with E-state index >= 15 is 0 Å². The zero-order chi connectivity index (χ0) is 17.2. The molecule has 7 heteroatoms. The first-order valence-electron chi connectivity index (χ1n) is 7.89. The number of pyridine rings is 1. The SMILES string of the molecule is O=C(Nc1cnccc1-n1cccn1)C1CCOc2ccc(Cl)cc21. The van der Waals surface area contributed by atoms with Gasteiger partial charge in [0.1, 0.15) is 5.75 Å². The number of benzene rings is 1. The van der Waals surface area contributed by atoms with Crippen molar-refractivity contribution in [2.45, 2.75) is 12.3 Å². The highest BCUT2D eigenvalue weighted by Crippen LogP contribution is 2.36. The number of carbonyl (C=O) groups excluding carboxylic acids is 1. The molecule has 1 aliphatic rings. The van der Waals surface area contributed by atoms with E-state index in [2.05, 4.69) is 15.4 Å². The van der Waals surface area contributed by atoms with E-state index in [1.807, 2.05) is 12.3 Å². The van der Waals surface area contributed by atoms with E-state index in [1.165, 1.54) is 0 Å². The maximum Gasteiger partial charge on any atom is 0.232 e. The van der Waals surface area contributed by atoms with Crippen LogP contribution in [0.4, 0.5) is 5.69 Å². The molecule has 0 bridgehead atoms. The van der Waals surface area contributed by atoms with Gasteiger partial charge in [0.15, 0.2) is 0 Å². The predicted molar refractivity (Wildman–Crippen MR) is 94.3 cm³/mol. The largest absolute Gasteiger partial charge is 0.493 e. The summed E-state index contributed by atoms with van der Waals surface area (Å²) in [4.78, 5) is 17.0. The van der Waals surface area contributed by atoms with Crippen molar-refractivity contribution in [3.63, 3.8) is 0 Å². The smallest absolute Gasteiger partial charge is 0.232 e. The number of hydrogen-bond acceptors (Lipinski definition) is 4. The van der Waals surface area contributed by atoms with E-state index in [4.69, 9.17) is 16.3 Å². The molecule has 1 unspecified atom stereocenters. The van der Waals surface area contributed by atoms with Gasteiger partial charge in [-0.3, -0.25) is 9.78 Å². The van der Waals surface area contributed by atoms with Gasteiger partial charge in [0.2, 0.25) is 5.91 Å². The number of anilines is 1. The molecule has 1 aromatic carbocycles. The lowest BCUT2D eigenvalue weighted by atomic mass is 9.92. The standard InChI is InChI=1S/C18H15ClN4O2/c19-12-2-3-17-14(10-12)13(5-9-25-17)18(24)22-15-11-20-7-4-16(15)23-8-1-6-21-23/h1-4,6-8,10-11,13H,5,9H2,(H,22,24). The number of halogens is 1. The number of aromatic nitrogens is 3. The van der Waals surface area contributed by atoms with Crippen molar-refractivity contribution < 1.29 is 9.53 Å². The molecule has 1 atom stereocenters. The van der Waals surface area contributed by atoms with Gasteiger partial charge >= 0.3 is 0 Å². The molecule has 1 aliphatic heterocycles. The molecule has 1 amide bonds. The minimum absolute atomic E-state index is 0.117. The summed E-state index contributed by atoms with van der Waals surface area (Å²) < 4.78 is 7.31. The predicted octanol–water partition coefficient (Wildman–Crippen LogP) is 3.43. The zero-order valence-electron chi connectivity index (χ0n) is 13.2. The van der Waals surface area contributed by atoms with Crippen molar-refractivity contribution >= 4 is 23.2 Å². The van der Waals surface area contributed by atoms with Crippen LogP contribution < -0.4 is 10.1 Å². The lowest BCUT2D eigenvalue weighted by molar-refractivity contribution is -0.118. The monoisotopic (exact) mass is 354 g/mol. The summed E-state index contributed by atoms with van der Waals surface area (Å²) in [5, 5.41) is 7.77. The van der Waals surface area contributed by atoms with Crippen LogP contribution in [0.25, 0.3) is 5.69 Å². The summed E-state index contributed by atoms with van der Waals surface area (Å²) in [6, 6.07) is 8.98. The van der Waals surface area contributed by atoms with Gasteiger partial charge in [0, 0.05) is 29.2 Å². The Balaban J connectivity index is 1.64. The first-order valence-corrected chi connectivity index (χ1v) is 8.27. The first kappa shape index (κ1) is 15.7. The summed E-state index contributed by atoms with van der Waals surface area (Å²) in [7, 11) is 0. The highest BCUT2D eigenvalue weighted by Gasteiger charge is 2.28. The average Bonchev–Trinajstić information content (AvgIpc) is 3.16. The lowest BCUT2D eigenvalue weighted by Gasteiger charge is -2.25. The topological polar surface area (TPSA) is 69.0 Å². The van der Waals surface area contributed by atoms with E-state index in [1.54, 1.807) is 47.5 Å². The fourth-order valence-electron chi connectivity index (χ4n) is 2.95. The number of amides is 1. The molecule has 0 spiro atoms. The van der Waals surface area contributed by atoms with Crippen molar-refractivity contribution in [3.8, 4) is 11.4 Å². The van der Waals surface area contributed by atoms with E-state index in [-0.39, 0.29) is 11.8 Å². The third-order valence-electron chi connectivity index (χ3n) is 4.13. The number of carbonyl (C=O) groups is 1. The Hall–Kier alpha value is -2.86. The van der Waals surface area contributed by atoms with Gasteiger partial charge in [0.05, 0.1) is 30.1 Å². The zero-order valence-corrected chi connectivity index (χ0v) is 14.0. The Morgan fingerprint density at radius 3 is 3.08 bits per heavy atom. The number of nitrogens with zero attached hydrogens (tertiary/aromatic N) is 3. The van der Waals surface area contributed by atoms with Crippen LogP contribution in [0, 0.1) is 0 Å². The highest BCUT2D eigenvalue weighted by molar-refractivity contribution is 6.30. The molecule has 6 nitrogen and oxygen atoms in total. The molecule has 0 saturated heterocycles. The highest BCUT2D eigenvalue weighted by atomic mass is 35.5. The molecule has 3 heterocycles. The van der Waals surface area contributed by atoms with Gasteiger partial charge in [-0.25, -0.2) is 4.68 Å². The summed E-state index contributed by atoms with van der Waals surface area (Å²) in [5.41, 5.74) is 2.17. The molecular weight excluding hydrogens is 340 g/mol. The van der Waals surface area contributed by atoms with Crippen molar-refractivity contribution in [3.05, 3.63) is 65.7 Å². The summed E-state index contributed by atoms with van der Waals surface area (Å²) in [6.45, 7) is 0.492. The number of nitrogens with one attached hydrogen (secondary N) is 1. The number of hydrogen-bond donors (Lipinski definition) is 1. The van der Waals surface area contributed by atoms with E-state index in [0.29, 0.717) is 29.5 Å². The molecule has 0 radical (unpaired) electrons. The van der Waals surface area contributed by atoms with Gasteiger partial charge in [-0.05, 0) is 36.8 Å². The summed E-state index contributed by atoms with van der Waals surface area (Å²) >= 11 is 6.09. The van der Waals surface area contributed by atoms with Gasteiger partial charge in [-0.15, -0.1) is 0 Å². The molecule has 25 heavy (non-hydrogen) atoms. The molecule has 4 rings (SSSR count). The maximum absolute atomic E-state index is 12.9. The van der Waals surface area contributed by atoms with Gasteiger partial charge in [-0.2, -0.15) is 5.10 Å². The third kappa shape index (κ3) is 3.08. The maximum atomic E-state index is 12.9. The average molecular weight is 355 g/mol. The Morgan fingerprint density at radius 1 is 1.32 bits per heavy atom. The van der Waals surface area contributed by atoms with Crippen LogP contribution in [0.3, 0.4) is 0 Å². The van der Waals surface area contributed by atoms with Crippen LogP contribution in [0.2, 0.25) is 5.02 Å². The molecule has 0 aliphatic carbocycles. The van der Waals surface area contributed by atoms with Gasteiger partial charge in [0.25, 0.3) is 0 Å². The molecule has 2 aromatic heterocycles. The van der Waals surface area contributed by atoms with E-state index in [9.17, 15) is 4.79 Å². The normalized spacial score (nSPS) is 16.0. The van der Waals surface area contributed by atoms with Crippen molar-refractivity contribution in [2.75, 3.05) is 11.9 Å². The number of rotatable bonds is 3. The molecule has 0 fully saturated rings. The first-order chi connectivity index (χ1) is 12.2. The molecule has 126 valence electrons. The molecule has 0 saturated carbocycles. The molecule has 1 N–H and O–H groups in total. The number of fused-ring (bicyclic) bond motifs is 1. The lowest BCUT2D eigenvalue weighted by Crippen LogP contribution is -2.27.